The molecule has 0 nitrogen and oxygen atoms in total. The van der Waals surface area contributed by atoms with Gasteiger partial charge >= 0.3 is 56.4 Å². The first-order valence-electron chi connectivity index (χ1n) is 3.66. The third kappa shape index (κ3) is 10.2. The molecule has 0 heterocycles. The summed E-state index contributed by atoms with van der Waals surface area (Å²) in [5.74, 6) is 0. The Balaban J connectivity index is 0.000000218. The van der Waals surface area contributed by atoms with E-state index in [1.54, 1.807) is 0 Å². The first kappa shape index (κ1) is 11.2. The zero-order valence-electron chi connectivity index (χ0n) is 7.39. The van der Waals surface area contributed by atoms with Crippen molar-refractivity contribution in [2.24, 2.45) is 0 Å². The van der Waals surface area contributed by atoms with E-state index in [1.807, 2.05) is 6.07 Å². The summed E-state index contributed by atoms with van der Waals surface area (Å²) < 4.78 is 1.41. The van der Waals surface area contributed by atoms with Gasteiger partial charge in [-0.05, 0) is 0 Å². The van der Waals surface area contributed by atoms with Crippen molar-refractivity contribution in [1.82, 2.24) is 0 Å². The van der Waals surface area contributed by atoms with E-state index in [-0.39, 0.29) is 8.80 Å². The topological polar surface area (TPSA) is 0 Å². The number of hydrogen-bond acceptors (Lipinski definition) is 0. The van der Waals surface area contributed by atoms with Crippen molar-refractivity contribution in [3.8, 4) is 0 Å². The Labute approximate surface area is 84.7 Å². The first-order valence-corrected chi connectivity index (χ1v) is 8.09. The molecule has 0 unspecified atom stereocenters. The molecular weight excluding hydrogens is 255 g/mol. The van der Waals surface area contributed by atoms with Gasteiger partial charge in [-0.15, -0.1) is 0 Å². The Kier molecular flexibility index (Phi) is 7.06. The van der Waals surface area contributed by atoms with Crippen LogP contribution in [0.4, 0.5) is 0 Å². The standard InChI is InChI=1S/C6H5.C3H9Si.Sn/c1-2-4-6-5-3-1;1-4(2)3;/h1-5H;1-3H3;. The van der Waals surface area contributed by atoms with E-state index in [9.17, 15) is 0 Å². The third-order valence-corrected chi connectivity index (χ3v) is 1.73. The van der Waals surface area contributed by atoms with Gasteiger partial charge in [0, 0.05) is 8.80 Å². The normalized spacial score (nSPS) is 8.82. The van der Waals surface area contributed by atoms with Crippen LogP contribution in [-0.4, -0.2) is 31.3 Å². The minimum absolute atomic E-state index is 0.120. The van der Waals surface area contributed by atoms with Gasteiger partial charge in [0.1, 0.15) is 0 Å². The summed E-state index contributed by atoms with van der Waals surface area (Å²) in [6.07, 6.45) is 0. The van der Waals surface area contributed by atoms with Gasteiger partial charge in [0.25, 0.3) is 0 Å². The zero-order valence-corrected chi connectivity index (χ0v) is 11.2. The molecular formula is C9H14SiSn. The van der Waals surface area contributed by atoms with E-state index in [4.69, 9.17) is 0 Å². The Morgan fingerprint density at radius 1 is 1.00 bits per heavy atom. The summed E-state index contributed by atoms with van der Waals surface area (Å²) >= 11 is 1.49. The predicted octanol–water partition coefficient (Wildman–Crippen LogP) is 1.85. The second kappa shape index (κ2) is 6.92. The van der Waals surface area contributed by atoms with E-state index >= 15 is 0 Å². The molecule has 0 amide bonds. The van der Waals surface area contributed by atoms with Crippen LogP contribution in [0.2, 0.25) is 19.6 Å². The van der Waals surface area contributed by atoms with Crippen molar-refractivity contribution in [1.29, 1.82) is 0 Å². The van der Waals surface area contributed by atoms with E-state index < -0.39 is 0 Å². The van der Waals surface area contributed by atoms with Gasteiger partial charge in [0.05, 0.1) is 0 Å². The van der Waals surface area contributed by atoms with Gasteiger partial charge in [-0.25, -0.2) is 0 Å². The molecule has 1 aromatic carbocycles. The first-order chi connectivity index (χ1) is 5.13. The fourth-order valence-electron chi connectivity index (χ4n) is 0.438. The van der Waals surface area contributed by atoms with Crippen LogP contribution in [0.25, 0.3) is 0 Å². The maximum atomic E-state index is 2.27. The molecule has 0 aliphatic heterocycles. The molecule has 0 saturated heterocycles. The van der Waals surface area contributed by atoms with E-state index in [0.717, 1.165) is 0 Å². The van der Waals surface area contributed by atoms with Crippen LogP contribution in [0.5, 0.6) is 0 Å². The molecule has 0 N–H and O–H groups in total. The monoisotopic (exact) mass is 270 g/mol. The molecule has 0 aromatic heterocycles. The van der Waals surface area contributed by atoms with Crippen molar-refractivity contribution >= 4 is 34.9 Å². The molecule has 1 aromatic rings. The average Bonchev–Trinajstić information content (AvgIpc) is 1.87. The van der Waals surface area contributed by atoms with Crippen molar-refractivity contribution in [3.63, 3.8) is 0 Å². The maximum absolute atomic E-state index is 2.27. The molecule has 2 heteroatoms. The molecule has 58 valence electrons. The van der Waals surface area contributed by atoms with Gasteiger partial charge in [-0.1, -0.05) is 19.6 Å². The van der Waals surface area contributed by atoms with Crippen LogP contribution in [0.3, 0.4) is 0 Å². The SMILES string of the molecule is C[Si](C)C.[Sn][c]1ccccc1. The van der Waals surface area contributed by atoms with Gasteiger partial charge < -0.3 is 0 Å². The van der Waals surface area contributed by atoms with Crippen molar-refractivity contribution in [3.05, 3.63) is 30.3 Å². The van der Waals surface area contributed by atoms with Gasteiger partial charge in [-0.3, -0.25) is 0 Å². The molecule has 1 rings (SSSR count). The zero-order chi connectivity index (χ0) is 8.69. The fourth-order valence-corrected chi connectivity index (χ4v) is 0.987. The van der Waals surface area contributed by atoms with E-state index in [0.29, 0.717) is 0 Å². The molecule has 0 fully saturated rings. The molecule has 0 saturated carbocycles. The Bertz CT molecular complexity index is 169. The molecule has 0 atom stereocenters. The average molecular weight is 269 g/mol. The number of benzene rings is 1. The summed E-state index contributed by atoms with van der Waals surface area (Å²) in [6, 6.07) is 10.4. The molecule has 11 heavy (non-hydrogen) atoms. The predicted molar refractivity (Wildman–Crippen MR) is 55.2 cm³/mol. The van der Waals surface area contributed by atoms with E-state index in [2.05, 4.69) is 43.9 Å². The summed E-state index contributed by atoms with van der Waals surface area (Å²) in [5.41, 5.74) is 0. The van der Waals surface area contributed by atoms with Crippen LogP contribution in [-0.2, 0) is 0 Å². The summed E-state index contributed by atoms with van der Waals surface area (Å²) in [5, 5.41) is 0. The summed E-state index contributed by atoms with van der Waals surface area (Å²) in [4.78, 5) is 0. The Morgan fingerprint density at radius 2 is 1.36 bits per heavy atom. The second-order valence-electron chi connectivity index (χ2n) is 2.87. The molecule has 0 bridgehead atoms. The van der Waals surface area contributed by atoms with Crippen LogP contribution in [0, 0.1) is 0 Å². The van der Waals surface area contributed by atoms with E-state index in [1.165, 1.54) is 26.1 Å². The second-order valence-corrected chi connectivity index (χ2v) is 7.51. The van der Waals surface area contributed by atoms with Crippen LogP contribution < -0.4 is 3.58 Å². The summed E-state index contributed by atoms with van der Waals surface area (Å²) in [6.45, 7) is 6.81. The Morgan fingerprint density at radius 3 is 1.55 bits per heavy atom. The molecule has 0 aliphatic rings. The minimum atomic E-state index is 0.120. The quantitative estimate of drug-likeness (QED) is 0.630. The molecule has 0 spiro atoms. The van der Waals surface area contributed by atoms with Gasteiger partial charge in [0.2, 0.25) is 0 Å². The van der Waals surface area contributed by atoms with Crippen LogP contribution in [0.1, 0.15) is 0 Å². The fraction of sp³-hybridized carbons (Fsp3) is 0.333. The van der Waals surface area contributed by atoms with Crippen molar-refractivity contribution < 1.29 is 0 Å². The van der Waals surface area contributed by atoms with Gasteiger partial charge in [0.15, 0.2) is 0 Å². The van der Waals surface area contributed by atoms with Crippen LogP contribution >= 0.6 is 0 Å². The Hall–Kier alpha value is 0.236. The molecule has 0 aliphatic carbocycles. The number of rotatable bonds is 0. The number of hydrogen-bond donors (Lipinski definition) is 0. The third-order valence-electron chi connectivity index (χ3n) is 0.774. The van der Waals surface area contributed by atoms with Crippen molar-refractivity contribution in [2.75, 3.05) is 0 Å². The van der Waals surface area contributed by atoms with Crippen molar-refractivity contribution in [2.45, 2.75) is 19.6 Å². The van der Waals surface area contributed by atoms with Crippen LogP contribution in [0.15, 0.2) is 30.3 Å². The molecule has 4 radical (unpaired) electrons. The van der Waals surface area contributed by atoms with Gasteiger partial charge in [-0.2, -0.15) is 0 Å². The summed E-state index contributed by atoms with van der Waals surface area (Å²) in [7, 11) is 0.120.